The van der Waals surface area contributed by atoms with Crippen molar-refractivity contribution in [2.45, 2.75) is 43.2 Å². The summed E-state index contributed by atoms with van der Waals surface area (Å²) >= 11 is 0. The summed E-state index contributed by atoms with van der Waals surface area (Å²) in [6.07, 6.45) is 3.32. The summed E-state index contributed by atoms with van der Waals surface area (Å²) in [4.78, 5) is 12.9. The maximum absolute atomic E-state index is 12.7. The molecule has 2 aliphatic carbocycles. The van der Waals surface area contributed by atoms with Crippen molar-refractivity contribution in [3.63, 3.8) is 0 Å². The molecule has 25 heavy (non-hydrogen) atoms. The first-order chi connectivity index (χ1) is 11.7. The zero-order valence-electron chi connectivity index (χ0n) is 15.0. The van der Waals surface area contributed by atoms with Crippen molar-refractivity contribution in [1.82, 2.24) is 9.62 Å². The Bertz CT molecular complexity index is 743. The van der Waals surface area contributed by atoms with Gasteiger partial charge in [0, 0.05) is 20.1 Å². The molecule has 2 bridgehead atoms. The second kappa shape index (κ2) is 6.70. The summed E-state index contributed by atoms with van der Waals surface area (Å²) < 4.78 is 25.4. The number of nitrogens with two attached hydrogens (primary N) is 1. The van der Waals surface area contributed by atoms with E-state index in [1.54, 1.807) is 24.3 Å². The minimum absolute atomic E-state index is 0.0252. The number of hydrogen-bond acceptors (Lipinski definition) is 4. The highest BCUT2D eigenvalue weighted by Crippen LogP contribution is 2.47. The van der Waals surface area contributed by atoms with Crippen LogP contribution in [0.3, 0.4) is 0 Å². The Morgan fingerprint density at radius 3 is 2.32 bits per heavy atom. The van der Waals surface area contributed by atoms with Gasteiger partial charge in [0.1, 0.15) is 0 Å². The Morgan fingerprint density at radius 1 is 1.20 bits per heavy atom. The molecule has 5 atom stereocenters. The lowest BCUT2D eigenvalue weighted by Gasteiger charge is -2.28. The van der Waals surface area contributed by atoms with Gasteiger partial charge in [0.15, 0.2) is 0 Å². The van der Waals surface area contributed by atoms with Gasteiger partial charge in [0.2, 0.25) is 15.9 Å². The van der Waals surface area contributed by atoms with Crippen molar-refractivity contribution < 1.29 is 13.2 Å². The number of rotatable bonds is 5. The summed E-state index contributed by atoms with van der Waals surface area (Å²) in [5.74, 6) is 0.846. The predicted molar refractivity (Wildman–Crippen MR) is 96.2 cm³/mol. The lowest BCUT2D eigenvalue weighted by atomic mass is 9.84. The average Bonchev–Trinajstić information content (AvgIpc) is 3.15. The third-order valence-electron chi connectivity index (χ3n) is 5.80. The summed E-state index contributed by atoms with van der Waals surface area (Å²) in [6.45, 7) is 1.91. The minimum Gasteiger partial charge on any atom is -0.349 e. The number of carbonyl (C=O) groups excluding carboxylic acids is 1. The second-order valence-corrected chi connectivity index (χ2v) is 9.67. The van der Waals surface area contributed by atoms with Crippen LogP contribution in [0.25, 0.3) is 0 Å². The Balaban J connectivity index is 1.67. The average molecular weight is 365 g/mol. The molecule has 1 amide bonds. The fourth-order valence-corrected chi connectivity index (χ4v) is 5.16. The van der Waals surface area contributed by atoms with Gasteiger partial charge in [-0.25, -0.2) is 12.7 Å². The van der Waals surface area contributed by atoms with Gasteiger partial charge in [0.25, 0.3) is 0 Å². The minimum atomic E-state index is -3.44. The molecule has 3 N–H and O–H groups in total. The maximum atomic E-state index is 12.7. The van der Waals surface area contributed by atoms with Crippen LogP contribution in [0.5, 0.6) is 0 Å². The van der Waals surface area contributed by atoms with Gasteiger partial charge < -0.3 is 11.1 Å². The first kappa shape index (κ1) is 18.4. The second-order valence-electron chi connectivity index (χ2n) is 7.52. The third kappa shape index (κ3) is 3.32. The smallest absolute Gasteiger partial charge is 0.242 e. The molecule has 2 saturated carbocycles. The normalized spacial score (nSPS) is 29.8. The molecule has 2 aliphatic rings. The molecule has 1 aromatic rings. The van der Waals surface area contributed by atoms with E-state index < -0.39 is 10.0 Å². The Hall–Kier alpha value is -1.44. The standard InChI is InChI=1S/C18H27N3O3S/c1-11(12-6-8-15(9-7-12)25(23,24)21(2)3)20-18(22)16-13-4-5-14(10-13)17(16)19/h6-9,11,13-14,16-17H,4-5,10,19H2,1-3H3,(H,20,22). The lowest BCUT2D eigenvalue weighted by molar-refractivity contribution is -0.127. The van der Waals surface area contributed by atoms with Crippen LogP contribution in [0.2, 0.25) is 0 Å². The van der Waals surface area contributed by atoms with E-state index in [9.17, 15) is 13.2 Å². The molecule has 3 rings (SSSR count). The summed E-state index contributed by atoms with van der Waals surface area (Å²) in [5, 5.41) is 3.06. The number of benzene rings is 1. The third-order valence-corrected chi connectivity index (χ3v) is 7.63. The molecule has 0 radical (unpaired) electrons. The van der Waals surface area contributed by atoms with Gasteiger partial charge in [0.05, 0.1) is 16.9 Å². The fourth-order valence-electron chi connectivity index (χ4n) is 4.26. The molecule has 2 fully saturated rings. The number of nitrogens with zero attached hydrogens (tertiary/aromatic N) is 1. The van der Waals surface area contributed by atoms with Crippen molar-refractivity contribution in [3.8, 4) is 0 Å². The van der Waals surface area contributed by atoms with Gasteiger partial charge in [-0.2, -0.15) is 0 Å². The summed E-state index contributed by atoms with van der Waals surface area (Å²) in [5.41, 5.74) is 7.12. The van der Waals surface area contributed by atoms with E-state index in [1.165, 1.54) is 18.4 Å². The van der Waals surface area contributed by atoms with Crippen LogP contribution in [-0.2, 0) is 14.8 Å². The highest BCUT2D eigenvalue weighted by atomic mass is 32.2. The molecule has 5 unspecified atom stereocenters. The van der Waals surface area contributed by atoms with E-state index in [0.717, 1.165) is 24.8 Å². The monoisotopic (exact) mass is 365 g/mol. The zero-order valence-corrected chi connectivity index (χ0v) is 15.8. The van der Waals surface area contributed by atoms with Gasteiger partial charge >= 0.3 is 0 Å². The molecular formula is C18H27N3O3S. The molecule has 0 aliphatic heterocycles. The largest absolute Gasteiger partial charge is 0.349 e. The molecule has 6 nitrogen and oxygen atoms in total. The number of carbonyl (C=O) groups is 1. The van der Waals surface area contributed by atoms with E-state index in [0.29, 0.717) is 11.8 Å². The highest BCUT2D eigenvalue weighted by Gasteiger charge is 2.49. The Morgan fingerprint density at radius 2 is 1.80 bits per heavy atom. The molecule has 0 heterocycles. The van der Waals surface area contributed by atoms with Crippen LogP contribution in [0, 0.1) is 17.8 Å². The number of hydrogen-bond donors (Lipinski definition) is 2. The van der Waals surface area contributed by atoms with Crippen molar-refractivity contribution in [1.29, 1.82) is 0 Å². The zero-order chi connectivity index (χ0) is 18.4. The van der Waals surface area contributed by atoms with E-state index >= 15 is 0 Å². The highest BCUT2D eigenvalue weighted by molar-refractivity contribution is 7.89. The summed E-state index contributed by atoms with van der Waals surface area (Å²) in [6, 6.07) is 6.45. The number of amides is 1. The van der Waals surface area contributed by atoms with Gasteiger partial charge in [-0.15, -0.1) is 0 Å². The SMILES string of the molecule is CC(NC(=O)C1C2CCC(C2)C1N)c1ccc(S(=O)(=O)N(C)C)cc1. The molecule has 0 aromatic heterocycles. The first-order valence-corrected chi connectivity index (χ1v) is 10.2. The van der Waals surface area contributed by atoms with Gasteiger partial charge in [-0.3, -0.25) is 4.79 Å². The number of nitrogens with one attached hydrogen (secondary N) is 1. The molecular weight excluding hydrogens is 338 g/mol. The fraction of sp³-hybridized carbons (Fsp3) is 0.611. The molecule has 0 spiro atoms. The summed E-state index contributed by atoms with van der Waals surface area (Å²) in [7, 11) is -0.430. The van der Waals surface area contributed by atoms with Crippen LogP contribution >= 0.6 is 0 Å². The molecule has 7 heteroatoms. The van der Waals surface area contributed by atoms with Crippen molar-refractivity contribution in [2.24, 2.45) is 23.5 Å². The van der Waals surface area contributed by atoms with Crippen LogP contribution in [0.4, 0.5) is 0 Å². The van der Waals surface area contributed by atoms with Crippen LogP contribution < -0.4 is 11.1 Å². The maximum Gasteiger partial charge on any atom is 0.242 e. The Labute approximate surface area is 149 Å². The molecule has 138 valence electrons. The number of fused-ring (bicyclic) bond motifs is 2. The van der Waals surface area contributed by atoms with Crippen molar-refractivity contribution >= 4 is 15.9 Å². The van der Waals surface area contributed by atoms with Crippen molar-refractivity contribution in [3.05, 3.63) is 29.8 Å². The van der Waals surface area contributed by atoms with Crippen LogP contribution in [0.1, 0.15) is 37.8 Å². The van der Waals surface area contributed by atoms with Gasteiger partial charge in [-0.05, 0) is 55.7 Å². The quantitative estimate of drug-likeness (QED) is 0.827. The van der Waals surface area contributed by atoms with Gasteiger partial charge in [-0.1, -0.05) is 12.1 Å². The predicted octanol–water partition coefficient (Wildman–Crippen LogP) is 1.49. The first-order valence-electron chi connectivity index (χ1n) is 8.80. The topological polar surface area (TPSA) is 92.5 Å². The van der Waals surface area contributed by atoms with Crippen molar-refractivity contribution in [2.75, 3.05) is 14.1 Å². The van der Waals surface area contributed by atoms with E-state index in [1.807, 2.05) is 6.92 Å². The number of sulfonamides is 1. The molecule has 1 aromatic carbocycles. The lowest BCUT2D eigenvalue weighted by Crippen LogP contribution is -2.45. The van der Waals surface area contributed by atoms with E-state index in [4.69, 9.17) is 5.73 Å². The van der Waals surface area contributed by atoms with E-state index in [-0.39, 0.29) is 28.8 Å². The van der Waals surface area contributed by atoms with E-state index in [2.05, 4.69) is 5.32 Å². The Kier molecular flexibility index (Phi) is 4.92. The van der Waals surface area contributed by atoms with Crippen LogP contribution in [-0.4, -0.2) is 38.8 Å². The van der Waals surface area contributed by atoms with Crippen LogP contribution in [0.15, 0.2) is 29.2 Å². The molecule has 0 saturated heterocycles.